The van der Waals surface area contributed by atoms with Gasteiger partial charge in [0.05, 0.1) is 9.90 Å². The molecule has 9 heteroatoms. The monoisotopic (exact) mass is 416 g/mol. The molecular formula is C17H18ClFN2O3S2. The minimum atomic E-state index is -4.10. The van der Waals surface area contributed by atoms with E-state index < -0.39 is 21.7 Å². The van der Waals surface area contributed by atoms with E-state index in [2.05, 4.69) is 5.43 Å². The molecule has 0 fully saturated rings. The first-order valence-corrected chi connectivity index (χ1v) is 10.9. The number of amides is 1. The summed E-state index contributed by atoms with van der Waals surface area (Å²) in [4.78, 5) is 15.7. The maximum atomic E-state index is 13.1. The molecule has 2 aromatic rings. The number of hydrazine groups is 1. The number of sulfonamides is 1. The summed E-state index contributed by atoms with van der Waals surface area (Å²) in [7, 11) is -4.10. The van der Waals surface area contributed by atoms with Gasteiger partial charge in [0.25, 0.3) is 15.9 Å². The summed E-state index contributed by atoms with van der Waals surface area (Å²) >= 11 is 7.17. The Bertz CT molecular complexity index is 903. The molecule has 0 bridgehead atoms. The van der Waals surface area contributed by atoms with Gasteiger partial charge in [-0.15, -0.1) is 16.2 Å². The maximum absolute atomic E-state index is 13.1. The molecule has 0 saturated heterocycles. The molecule has 0 radical (unpaired) electrons. The molecule has 0 unspecified atom stereocenters. The molecular weight excluding hydrogens is 399 g/mol. The molecule has 1 aromatic carbocycles. The number of carbonyl (C=O) groups excluding carboxylic acids is 1. The number of nitrogens with one attached hydrogen (secondary N) is 2. The van der Waals surface area contributed by atoms with Gasteiger partial charge in [0, 0.05) is 4.88 Å². The van der Waals surface area contributed by atoms with Crippen LogP contribution in [-0.4, -0.2) is 14.3 Å². The first-order chi connectivity index (χ1) is 12.4. The Morgan fingerprint density at radius 2 is 1.85 bits per heavy atom. The van der Waals surface area contributed by atoms with Gasteiger partial charge in [0.2, 0.25) is 0 Å². The average Bonchev–Trinajstić information content (AvgIpc) is 2.94. The van der Waals surface area contributed by atoms with Crippen molar-refractivity contribution < 1.29 is 17.6 Å². The number of hydrogen-bond acceptors (Lipinski definition) is 4. The summed E-state index contributed by atoms with van der Waals surface area (Å²) < 4.78 is 37.6. The smallest absolute Gasteiger partial charge is 0.273 e. The van der Waals surface area contributed by atoms with Crippen LogP contribution in [0.25, 0.3) is 0 Å². The van der Waals surface area contributed by atoms with Crippen molar-refractivity contribution in [3.8, 4) is 0 Å². The van der Waals surface area contributed by atoms with E-state index in [1.165, 1.54) is 34.6 Å². The Balaban J connectivity index is 1.71. The zero-order valence-corrected chi connectivity index (χ0v) is 16.2. The van der Waals surface area contributed by atoms with Gasteiger partial charge >= 0.3 is 0 Å². The quantitative estimate of drug-likeness (QED) is 0.744. The van der Waals surface area contributed by atoms with Crippen LogP contribution in [0, 0.1) is 5.82 Å². The third-order valence-corrected chi connectivity index (χ3v) is 7.17. The SMILES string of the molecule is O=C(NNS(=O)(=O)c1ccc(F)cc1Cl)c1cc2c(s1)CCCCCC2. The Kier molecular flexibility index (Phi) is 5.96. The van der Waals surface area contributed by atoms with Gasteiger partial charge in [-0.1, -0.05) is 24.4 Å². The first kappa shape index (κ1) is 19.3. The Morgan fingerprint density at radius 3 is 2.58 bits per heavy atom. The summed E-state index contributed by atoms with van der Waals surface area (Å²) in [5.41, 5.74) is 3.37. The molecule has 140 valence electrons. The molecule has 26 heavy (non-hydrogen) atoms. The van der Waals surface area contributed by atoms with E-state index in [1.54, 1.807) is 0 Å². The van der Waals surface area contributed by atoms with Crippen molar-refractivity contribution in [3.05, 3.63) is 50.4 Å². The number of hydrogen-bond donors (Lipinski definition) is 2. The fraction of sp³-hybridized carbons (Fsp3) is 0.353. The third-order valence-electron chi connectivity index (χ3n) is 4.20. The molecule has 0 atom stereocenters. The number of benzene rings is 1. The molecule has 0 saturated carbocycles. The lowest BCUT2D eigenvalue weighted by Crippen LogP contribution is -2.41. The number of aryl methyl sites for hydroxylation is 2. The van der Waals surface area contributed by atoms with E-state index in [0.717, 1.165) is 43.9 Å². The normalized spacial score (nSPS) is 15.0. The van der Waals surface area contributed by atoms with Gasteiger partial charge in [-0.3, -0.25) is 10.2 Å². The van der Waals surface area contributed by atoms with Crippen molar-refractivity contribution in [1.29, 1.82) is 0 Å². The van der Waals surface area contributed by atoms with Gasteiger partial charge in [0.1, 0.15) is 10.7 Å². The van der Waals surface area contributed by atoms with Crippen molar-refractivity contribution >= 4 is 38.9 Å². The van der Waals surface area contributed by atoms with Crippen molar-refractivity contribution in [2.75, 3.05) is 0 Å². The van der Waals surface area contributed by atoms with Gasteiger partial charge in [-0.05, 0) is 55.5 Å². The van der Waals surface area contributed by atoms with E-state index >= 15 is 0 Å². The van der Waals surface area contributed by atoms with Gasteiger partial charge < -0.3 is 0 Å². The molecule has 1 amide bonds. The van der Waals surface area contributed by atoms with Crippen LogP contribution in [0.1, 0.15) is 45.8 Å². The zero-order chi connectivity index (χ0) is 18.7. The molecule has 0 aliphatic heterocycles. The van der Waals surface area contributed by atoms with Crippen molar-refractivity contribution in [3.63, 3.8) is 0 Å². The Morgan fingerprint density at radius 1 is 1.12 bits per heavy atom. The number of rotatable bonds is 4. The maximum Gasteiger partial charge on any atom is 0.276 e. The molecule has 1 aromatic heterocycles. The second-order valence-electron chi connectivity index (χ2n) is 6.11. The molecule has 0 spiro atoms. The summed E-state index contributed by atoms with van der Waals surface area (Å²) in [6.07, 6.45) is 6.47. The number of halogens is 2. The summed E-state index contributed by atoms with van der Waals surface area (Å²) in [5, 5.41) is -0.258. The van der Waals surface area contributed by atoms with Crippen molar-refractivity contribution in [1.82, 2.24) is 10.3 Å². The van der Waals surface area contributed by atoms with Crippen LogP contribution in [0.15, 0.2) is 29.2 Å². The minimum Gasteiger partial charge on any atom is -0.273 e. The van der Waals surface area contributed by atoms with E-state index in [4.69, 9.17) is 11.6 Å². The minimum absolute atomic E-state index is 0.258. The van der Waals surface area contributed by atoms with E-state index in [9.17, 15) is 17.6 Å². The zero-order valence-electron chi connectivity index (χ0n) is 13.8. The van der Waals surface area contributed by atoms with E-state index in [1.807, 2.05) is 10.9 Å². The van der Waals surface area contributed by atoms with E-state index in [0.29, 0.717) is 4.88 Å². The molecule has 5 nitrogen and oxygen atoms in total. The van der Waals surface area contributed by atoms with Gasteiger partial charge in [-0.25, -0.2) is 12.8 Å². The van der Waals surface area contributed by atoms with Crippen LogP contribution in [0.5, 0.6) is 0 Å². The van der Waals surface area contributed by atoms with Crippen LogP contribution in [0.2, 0.25) is 5.02 Å². The van der Waals surface area contributed by atoms with Crippen molar-refractivity contribution in [2.45, 2.75) is 43.4 Å². The largest absolute Gasteiger partial charge is 0.276 e. The lowest BCUT2D eigenvalue weighted by atomic mass is 10.00. The predicted octanol–water partition coefficient (Wildman–Crippen LogP) is 3.82. The lowest BCUT2D eigenvalue weighted by Gasteiger charge is -2.09. The topological polar surface area (TPSA) is 75.3 Å². The standard InChI is InChI=1S/C17H18ClFN2O3S2/c18-13-10-12(19)7-8-16(13)26(23,24)21-20-17(22)15-9-11-5-3-1-2-4-6-14(11)25-15/h7-10,21H,1-6H2,(H,20,22). The number of carbonyl (C=O) groups is 1. The second kappa shape index (κ2) is 8.04. The highest BCUT2D eigenvalue weighted by molar-refractivity contribution is 7.89. The van der Waals surface area contributed by atoms with Crippen LogP contribution >= 0.6 is 22.9 Å². The van der Waals surface area contributed by atoms with Crippen LogP contribution in [0.4, 0.5) is 4.39 Å². The highest BCUT2D eigenvalue weighted by Crippen LogP contribution is 2.28. The number of thiophene rings is 1. The van der Waals surface area contributed by atoms with Crippen LogP contribution in [0.3, 0.4) is 0 Å². The number of fused-ring (bicyclic) bond motifs is 1. The lowest BCUT2D eigenvalue weighted by molar-refractivity contribution is 0.0949. The summed E-state index contributed by atoms with van der Waals surface area (Å²) in [6.45, 7) is 0. The summed E-state index contributed by atoms with van der Waals surface area (Å²) in [6, 6.07) is 4.77. The fourth-order valence-electron chi connectivity index (χ4n) is 2.88. The molecule has 3 rings (SSSR count). The van der Waals surface area contributed by atoms with Crippen LogP contribution < -0.4 is 10.3 Å². The Hall–Kier alpha value is -1.48. The van der Waals surface area contributed by atoms with E-state index in [-0.39, 0.29) is 9.92 Å². The fourth-order valence-corrected chi connectivity index (χ4v) is 5.40. The molecule has 1 aliphatic rings. The Labute approximate surface area is 160 Å². The molecule has 2 N–H and O–H groups in total. The van der Waals surface area contributed by atoms with Gasteiger partial charge in [-0.2, -0.15) is 0 Å². The molecule has 1 aliphatic carbocycles. The molecule has 1 heterocycles. The summed E-state index contributed by atoms with van der Waals surface area (Å²) in [5.74, 6) is -1.17. The average molecular weight is 417 g/mol. The first-order valence-electron chi connectivity index (χ1n) is 8.25. The van der Waals surface area contributed by atoms with Crippen molar-refractivity contribution in [2.24, 2.45) is 0 Å². The highest BCUT2D eigenvalue weighted by Gasteiger charge is 2.21. The third kappa shape index (κ3) is 4.43. The van der Waals surface area contributed by atoms with Gasteiger partial charge in [0.15, 0.2) is 0 Å². The highest BCUT2D eigenvalue weighted by atomic mass is 35.5. The second-order valence-corrected chi connectivity index (χ2v) is 9.30. The predicted molar refractivity (Wildman–Crippen MR) is 99.4 cm³/mol. The van der Waals surface area contributed by atoms with Crippen LogP contribution in [-0.2, 0) is 22.9 Å².